The summed E-state index contributed by atoms with van der Waals surface area (Å²) in [6.45, 7) is -0.433. The average molecular weight is 510 g/mol. The molecule has 2 aromatic rings. The zero-order valence-electron chi connectivity index (χ0n) is 19.8. The number of benzene rings is 2. The number of rotatable bonds is 2. The summed E-state index contributed by atoms with van der Waals surface area (Å²) in [6, 6.07) is 7.93. The quantitative estimate of drug-likeness (QED) is 0.299. The lowest BCUT2D eigenvalue weighted by Crippen LogP contribution is -2.52. The average Bonchev–Trinajstić information content (AvgIpc) is 3.37. The van der Waals surface area contributed by atoms with Gasteiger partial charge in [-0.2, -0.15) is 0 Å². The van der Waals surface area contributed by atoms with Crippen molar-refractivity contribution in [1.29, 1.82) is 0 Å². The highest BCUT2D eigenvalue weighted by Crippen LogP contribution is 2.24. The highest BCUT2D eigenvalue weighted by molar-refractivity contribution is 6.07. The van der Waals surface area contributed by atoms with Crippen molar-refractivity contribution in [2.45, 2.75) is 31.3 Å². The Morgan fingerprint density at radius 1 is 0.865 bits per heavy atom. The van der Waals surface area contributed by atoms with Gasteiger partial charge in [0.1, 0.15) is 23.6 Å². The fourth-order valence-corrected chi connectivity index (χ4v) is 4.32. The Bertz CT molecular complexity index is 1230. The number of amides is 5. The van der Waals surface area contributed by atoms with Crippen molar-refractivity contribution in [3.8, 4) is 11.5 Å². The molecule has 37 heavy (non-hydrogen) atoms. The minimum absolute atomic E-state index is 0.0233. The van der Waals surface area contributed by atoms with E-state index < -0.39 is 48.2 Å². The molecule has 2 aliphatic rings. The summed E-state index contributed by atoms with van der Waals surface area (Å²) in [5.41, 5.74) is 0.634. The Hall–Kier alpha value is -4.61. The maximum atomic E-state index is 13.3. The number of aromatic hydroxyl groups is 2. The molecule has 2 atom stereocenters. The van der Waals surface area contributed by atoms with Crippen molar-refractivity contribution in [3.63, 3.8) is 0 Å². The molecule has 2 heterocycles. The van der Waals surface area contributed by atoms with E-state index in [4.69, 9.17) is 0 Å². The topological polar surface area (TPSA) is 177 Å². The van der Waals surface area contributed by atoms with Crippen LogP contribution in [0.3, 0.4) is 0 Å². The third-order valence-electron chi connectivity index (χ3n) is 6.24. The van der Waals surface area contributed by atoms with Crippen LogP contribution in [-0.4, -0.2) is 76.4 Å². The SMILES string of the molecule is O=C1CNC(=O)[C@H](Cc2ccc(O)cc2)NC(=O)c2cc(O)ccc2NC(=O)[C@@H]2CCCN2C(=O)CN1. The summed E-state index contributed by atoms with van der Waals surface area (Å²) in [6.07, 6.45) is 1.03. The van der Waals surface area contributed by atoms with Crippen LogP contribution in [0.15, 0.2) is 42.5 Å². The third kappa shape index (κ3) is 6.15. The molecule has 194 valence electrons. The second-order valence-corrected chi connectivity index (χ2v) is 8.86. The van der Waals surface area contributed by atoms with Crippen LogP contribution < -0.4 is 21.3 Å². The van der Waals surface area contributed by atoms with Gasteiger partial charge in [-0.05, 0) is 48.7 Å². The van der Waals surface area contributed by atoms with E-state index in [1.165, 1.54) is 29.2 Å². The minimum Gasteiger partial charge on any atom is -0.508 e. The predicted octanol–water partition coefficient (Wildman–Crippen LogP) is -0.386. The molecule has 0 aliphatic carbocycles. The molecule has 2 aliphatic heterocycles. The number of phenols is 2. The fraction of sp³-hybridized carbons (Fsp3) is 0.320. The molecule has 12 heteroatoms. The Kier molecular flexibility index (Phi) is 7.56. The summed E-state index contributed by atoms with van der Waals surface area (Å²) in [5.74, 6) is -3.19. The van der Waals surface area contributed by atoms with Crippen molar-refractivity contribution in [2.75, 3.05) is 25.0 Å². The van der Waals surface area contributed by atoms with Gasteiger partial charge >= 0.3 is 0 Å². The summed E-state index contributed by atoms with van der Waals surface area (Å²) < 4.78 is 0. The Balaban J connectivity index is 1.66. The van der Waals surface area contributed by atoms with E-state index in [2.05, 4.69) is 21.3 Å². The van der Waals surface area contributed by atoms with Crippen LogP contribution in [0.25, 0.3) is 0 Å². The molecule has 5 amide bonds. The van der Waals surface area contributed by atoms with Crippen molar-refractivity contribution >= 4 is 35.2 Å². The second kappa shape index (κ2) is 11.0. The largest absolute Gasteiger partial charge is 0.508 e. The van der Waals surface area contributed by atoms with E-state index in [1.807, 2.05) is 0 Å². The third-order valence-corrected chi connectivity index (χ3v) is 6.24. The zero-order chi connectivity index (χ0) is 26.5. The first-order valence-electron chi connectivity index (χ1n) is 11.8. The number of carbonyl (C=O) groups is 5. The van der Waals surface area contributed by atoms with E-state index in [1.54, 1.807) is 12.1 Å². The molecular weight excluding hydrogens is 482 g/mol. The van der Waals surface area contributed by atoms with Crippen LogP contribution in [0.1, 0.15) is 28.8 Å². The van der Waals surface area contributed by atoms with Crippen molar-refractivity contribution in [1.82, 2.24) is 20.9 Å². The van der Waals surface area contributed by atoms with Gasteiger partial charge in [-0.15, -0.1) is 0 Å². The Labute approximate surface area is 212 Å². The van der Waals surface area contributed by atoms with Gasteiger partial charge < -0.3 is 36.4 Å². The molecule has 0 spiro atoms. The lowest BCUT2D eigenvalue weighted by Gasteiger charge is -2.25. The summed E-state index contributed by atoms with van der Waals surface area (Å²) in [4.78, 5) is 65.6. The van der Waals surface area contributed by atoms with E-state index in [-0.39, 0.29) is 35.7 Å². The monoisotopic (exact) mass is 509 g/mol. The number of carbonyl (C=O) groups excluding carboxylic acids is 5. The summed E-state index contributed by atoms with van der Waals surface area (Å²) in [7, 11) is 0. The smallest absolute Gasteiger partial charge is 0.254 e. The fourth-order valence-electron chi connectivity index (χ4n) is 4.32. The van der Waals surface area contributed by atoms with E-state index in [0.29, 0.717) is 24.9 Å². The molecular formula is C25H27N5O7. The summed E-state index contributed by atoms with van der Waals surface area (Å²) >= 11 is 0. The first kappa shape index (κ1) is 25.5. The number of hydrogen-bond acceptors (Lipinski definition) is 7. The lowest BCUT2D eigenvalue weighted by atomic mass is 10.0. The zero-order valence-corrected chi connectivity index (χ0v) is 19.8. The number of anilines is 1. The minimum atomic E-state index is -1.14. The molecule has 2 aromatic carbocycles. The van der Waals surface area contributed by atoms with Crippen LogP contribution in [-0.2, 0) is 25.6 Å². The normalized spacial score (nSPS) is 21.3. The first-order valence-corrected chi connectivity index (χ1v) is 11.8. The molecule has 1 saturated heterocycles. The van der Waals surface area contributed by atoms with Gasteiger partial charge in [0.05, 0.1) is 24.3 Å². The van der Waals surface area contributed by atoms with Gasteiger partial charge in [-0.3, -0.25) is 24.0 Å². The van der Waals surface area contributed by atoms with Crippen LogP contribution in [0.4, 0.5) is 5.69 Å². The van der Waals surface area contributed by atoms with E-state index in [0.717, 1.165) is 6.07 Å². The molecule has 6 N–H and O–H groups in total. The van der Waals surface area contributed by atoms with Crippen molar-refractivity contribution in [3.05, 3.63) is 53.6 Å². The van der Waals surface area contributed by atoms with Gasteiger partial charge in [-0.1, -0.05) is 12.1 Å². The molecule has 0 aromatic heterocycles. The summed E-state index contributed by atoms with van der Waals surface area (Å²) in [5, 5.41) is 29.7. The van der Waals surface area contributed by atoms with Gasteiger partial charge in [-0.25, -0.2) is 0 Å². The molecule has 12 nitrogen and oxygen atoms in total. The molecule has 1 fully saturated rings. The van der Waals surface area contributed by atoms with E-state index in [9.17, 15) is 34.2 Å². The van der Waals surface area contributed by atoms with Crippen LogP contribution >= 0.6 is 0 Å². The lowest BCUT2D eigenvalue weighted by molar-refractivity contribution is -0.137. The number of fused-ring (bicyclic) bond motifs is 2. The maximum Gasteiger partial charge on any atom is 0.254 e. The van der Waals surface area contributed by atoms with Crippen LogP contribution in [0, 0.1) is 0 Å². The molecule has 0 radical (unpaired) electrons. The standard InChI is InChI=1S/C25H27N5O7/c31-15-5-3-14(4-6-15)10-19-24(36)27-12-21(33)26-13-22(34)30-9-1-2-20(30)25(37)28-18-8-7-16(32)11-17(18)23(35)29-19/h3-8,11,19-20,31-32H,1-2,9-10,12-13H2,(H,26,33)(H,27,36)(H,28,37)(H,29,35)/t19-,20-/m0/s1. The number of nitrogens with zero attached hydrogens (tertiary/aromatic N) is 1. The van der Waals surface area contributed by atoms with Crippen molar-refractivity contribution in [2.24, 2.45) is 0 Å². The number of phenolic OH excluding ortho intramolecular Hbond substituents is 2. The predicted molar refractivity (Wildman–Crippen MR) is 131 cm³/mol. The van der Waals surface area contributed by atoms with Gasteiger partial charge in [0.2, 0.25) is 23.6 Å². The van der Waals surface area contributed by atoms with Crippen molar-refractivity contribution < 1.29 is 34.2 Å². The Morgan fingerprint density at radius 2 is 1.59 bits per heavy atom. The van der Waals surface area contributed by atoms with Gasteiger partial charge in [0.15, 0.2) is 0 Å². The second-order valence-electron chi connectivity index (χ2n) is 8.86. The van der Waals surface area contributed by atoms with Crippen LogP contribution in [0.2, 0.25) is 0 Å². The van der Waals surface area contributed by atoms with Gasteiger partial charge in [0, 0.05) is 13.0 Å². The molecule has 4 rings (SSSR count). The van der Waals surface area contributed by atoms with E-state index >= 15 is 0 Å². The van der Waals surface area contributed by atoms with Crippen LogP contribution in [0.5, 0.6) is 11.5 Å². The highest BCUT2D eigenvalue weighted by Gasteiger charge is 2.35. The maximum absolute atomic E-state index is 13.3. The molecule has 0 unspecified atom stereocenters. The molecule has 0 saturated carbocycles. The highest BCUT2D eigenvalue weighted by atomic mass is 16.3. The van der Waals surface area contributed by atoms with Gasteiger partial charge in [0.25, 0.3) is 5.91 Å². The first-order chi connectivity index (χ1) is 17.7. The number of hydrogen-bond donors (Lipinski definition) is 6. The Morgan fingerprint density at radius 3 is 2.35 bits per heavy atom. The number of nitrogens with one attached hydrogen (secondary N) is 4. The molecule has 0 bridgehead atoms.